The van der Waals surface area contributed by atoms with Crippen LogP contribution in [0.4, 0.5) is 4.79 Å². The SMILES string of the molecule is CC[C@H]1CN(C(=O)OCc2ccccc2)C[C@@H]1c1cnc2cnc3[nH]ccc3n12. The molecule has 4 aromatic rings. The van der Waals surface area contributed by atoms with E-state index in [1.54, 1.807) is 6.20 Å². The summed E-state index contributed by atoms with van der Waals surface area (Å²) in [4.78, 5) is 26.7. The molecule has 4 heterocycles. The highest BCUT2D eigenvalue weighted by Gasteiger charge is 2.37. The van der Waals surface area contributed by atoms with Crippen molar-refractivity contribution < 1.29 is 9.53 Å². The van der Waals surface area contributed by atoms with Crippen molar-refractivity contribution in [2.45, 2.75) is 25.9 Å². The average molecular weight is 389 g/mol. The van der Waals surface area contributed by atoms with Gasteiger partial charge in [0.1, 0.15) is 6.61 Å². The lowest BCUT2D eigenvalue weighted by Gasteiger charge is -2.16. The number of ether oxygens (including phenoxy) is 1. The molecule has 0 aliphatic carbocycles. The van der Waals surface area contributed by atoms with E-state index >= 15 is 0 Å². The van der Waals surface area contributed by atoms with Gasteiger partial charge in [-0.25, -0.2) is 14.8 Å². The quantitative estimate of drug-likeness (QED) is 0.573. The molecule has 2 atom stereocenters. The lowest BCUT2D eigenvalue weighted by Crippen LogP contribution is -2.29. The van der Waals surface area contributed by atoms with E-state index in [0.29, 0.717) is 25.6 Å². The van der Waals surface area contributed by atoms with E-state index in [1.165, 1.54) is 0 Å². The monoisotopic (exact) mass is 389 g/mol. The van der Waals surface area contributed by atoms with Gasteiger partial charge < -0.3 is 14.6 Å². The average Bonchev–Trinajstić information content (AvgIpc) is 3.48. The maximum absolute atomic E-state index is 12.7. The largest absolute Gasteiger partial charge is 0.445 e. The second-order valence-corrected chi connectivity index (χ2v) is 7.57. The molecule has 0 unspecified atom stereocenters. The van der Waals surface area contributed by atoms with Crippen molar-refractivity contribution in [3.8, 4) is 0 Å². The molecule has 3 aromatic heterocycles. The third kappa shape index (κ3) is 3.12. The van der Waals surface area contributed by atoms with Crippen molar-refractivity contribution in [2.24, 2.45) is 5.92 Å². The van der Waals surface area contributed by atoms with E-state index < -0.39 is 0 Å². The van der Waals surface area contributed by atoms with Gasteiger partial charge in [0.25, 0.3) is 0 Å². The van der Waals surface area contributed by atoms with E-state index in [1.807, 2.05) is 53.7 Å². The van der Waals surface area contributed by atoms with Crippen LogP contribution in [-0.2, 0) is 11.3 Å². The number of aromatic amines is 1. The number of aromatic nitrogens is 4. The van der Waals surface area contributed by atoms with Gasteiger partial charge in [-0.3, -0.25) is 4.40 Å². The van der Waals surface area contributed by atoms with Crippen molar-refractivity contribution in [3.05, 3.63) is 66.2 Å². The summed E-state index contributed by atoms with van der Waals surface area (Å²) in [6.45, 7) is 3.80. The van der Waals surface area contributed by atoms with E-state index in [4.69, 9.17) is 4.74 Å². The minimum atomic E-state index is -0.253. The third-order valence-electron chi connectivity index (χ3n) is 5.88. The van der Waals surface area contributed by atoms with Gasteiger partial charge in [0.2, 0.25) is 0 Å². The second kappa shape index (κ2) is 7.24. The number of amides is 1. The van der Waals surface area contributed by atoms with Crippen LogP contribution in [0.2, 0.25) is 0 Å². The number of carbonyl (C=O) groups excluding carboxylic acids is 1. The topological polar surface area (TPSA) is 75.5 Å². The highest BCUT2D eigenvalue weighted by atomic mass is 16.6. The molecule has 7 heteroatoms. The maximum atomic E-state index is 12.7. The Balaban J connectivity index is 1.39. The number of nitrogens with zero attached hydrogens (tertiary/aromatic N) is 4. The summed E-state index contributed by atoms with van der Waals surface area (Å²) in [5.74, 6) is 0.570. The molecule has 5 rings (SSSR count). The molecule has 29 heavy (non-hydrogen) atoms. The number of benzene rings is 1. The van der Waals surface area contributed by atoms with Crippen LogP contribution < -0.4 is 0 Å². The molecule has 1 amide bonds. The van der Waals surface area contributed by atoms with Crippen LogP contribution >= 0.6 is 0 Å². The van der Waals surface area contributed by atoms with Crippen molar-refractivity contribution in [2.75, 3.05) is 13.1 Å². The highest BCUT2D eigenvalue weighted by molar-refractivity contribution is 5.75. The highest BCUT2D eigenvalue weighted by Crippen LogP contribution is 2.36. The molecule has 1 aliphatic heterocycles. The number of imidazole rings is 1. The molecule has 0 spiro atoms. The Morgan fingerprint density at radius 2 is 2.03 bits per heavy atom. The summed E-state index contributed by atoms with van der Waals surface area (Å²) in [5.41, 5.74) is 4.79. The minimum Gasteiger partial charge on any atom is -0.445 e. The molecular formula is C22H23N5O2. The molecule has 0 saturated carbocycles. The summed E-state index contributed by atoms with van der Waals surface area (Å²) in [6.07, 6.45) is 6.33. The Bertz CT molecular complexity index is 1150. The predicted octanol–water partition coefficient (Wildman–Crippen LogP) is 3.97. The first-order chi connectivity index (χ1) is 14.2. The molecule has 148 valence electrons. The van der Waals surface area contributed by atoms with Crippen molar-refractivity contribution in [1.29, 1.82) is 0 Å². The molecule has 1 N–H and O–H groups in total. The van der Waals surface area contributed by atoms with Crippen molar-refractivity contribution in [1.82, 2.24) is 24.3 Å². The van der Waals surface area contributed by atoms with Crippen LogP contribution in [0.3, 0.4) is 0 Å². The Morgan fingerprint density at radius 3 is 2.86 bits per heavy atom. The first-order valence-electron chi connectivity index (χ1n) is 9.99. The van der Waals surface area contributed by atoms with Crippen LogP contribution in [0.25, 0.3) is 16.8 Å². The first kappa shape index (κ1) is 17.7. The van der Waals surface area contributed by atoms with Crippen LogP contribution in [0.1, 0.15) is 30.5 Å². The van der Waals surface area contributed by atoms with Crippen LogP contribution in [0.5, 0.6) is 0 Å². The summed E-state index contributed by atoms with van der Waals surface area (Å²) in [5, 5.41) is 0. The number of hydrogen-bond acceptors (Lipinski definition) is 4. The Morgan fingerprint density at radius 1 is 1.17 bits per heavy atom. The third-order valence-corrected chi connectivity index (χ3v) is 5.88. The zero-order valence-corrected chi connectivity index (χ0v) is 16.3. The number of H-pyrrole nitrogens is 1. The molecule has 1 saturated heterocycles. The molecule has 0 radical (unpaired) electrons. The Kier molecular flexibility index (Phi) is 4.42. The van der Waals surface area contributed by atoms with E-state index in [-0.39, 0.29) is 12.0 Å². The zero-order chi connectivity index (χ0) is 19.8. The molecule has 1 fully saturated rings. The van der Waals surface area contributed by atoms with E-state index in [2.05, 4.69) is 26.3 Å². The number of nitrogens with one attached hydrogen (secondary N) is 1. The summed E-state index contributed by atoms with van der Waals surface area (Å²) >= 11 is 0. The smallest absolute Gasteiger partial charge is 0.410 e. The van der Waals surface area contributed by atoms with Gasteiger partial charge in [0.15, 0.2) is 11.3 Å². The molecule has 1 aliphatic rings. The van der Waals surface area contributed by atoms with Gasteiger partial charge in [0.05, 0.1) is 11.7 Å². The summed E-state index contributed by atoms with van der Waals surface area (Å²) in [6, 6.07) is 11.8. The minimum absolute atomic E-state index is 0.208. The van der Waals surface area contributed by atoms with Crippen LogP contribution in [0, 0.1) is 5.92 Å². The Hall–Kier alpha value is -3.35. The number of hydrogen-bond donors (Lipinski definition) is 1. The van der Waals surface area contributed by atoms with Gasteiger partial charge in [0, 0.05) is 37.1 Å². The first-order valence-corrected chi connectivity index (χ1v) is 9.99. The second-order valence-electron chi connectivity index (χ2n) is 7.57. The predicted molar refractivity (Wildman–Crippen MR) is 110 cm³/mol. The zero-order valence-electron chi connectivity index (χ0n) is 16.3. The number of carbonyl (C=O) groups is 1. The lowest BCUT2D eigenvalue weighted by atomic mass is 9.91. The van der Waals surface area contributed by atoms with Gasteiger partial charge in [-0.1, -0.05) is 43.7 Å². The van der Waals surface area contributed by atoms with Crippen molar-refractivity contribution in [3.63, 3.8) is 0 Å². The molecule has 1 aromatic carbocycles. The Labute approximate surface area is 168 Å². The number of likely N-dealkylation sites (tertiary alicyclic amines) is 1. The number of fused-ring (bicyclic) bond motifs is 3. The lowest BCUT2D eigenvalue weighted by molar-refractivity contribution is 0.103. The van der Waals surface area contributed by atoms with Gasteiger partial charge in [-0.15, -0.1) is 0 Å². The standard InChI is InChI=1S/C22H23N5O2/c1-2-16-12-26(22(28)29-14-15-6-4-3-5-7-15)13-17(16)19-10-24-20-11-25-21-18(27(19)20)8-9-23-21/h3-11,16-17,23H,2,12-14H2,1H3/t16-,17-/m0/s1. The fraction of sp³-hybridized carbons (Fsp3) is 0.318. The number of rotatable bonds is 4. The normalized spacial score (nSPS) is 19.3. The van der Waals surface area contributed by atoms with Gasteiger partial charge in [-0.2, -0.15) is 0 Å². The van der Waals surface area contributed by atoms with E-state index in [0.717, 1.165) is 34.5 Å². The van der Waals surface area contributed by atoms with Gasteiger partial charge in [-0.05, 0) is 17.5 Å². The van der Waals surface area contributed by atoms with E-state index in [9.17, 15) is 4.79 Å². The fourth-order valence-corrected chi connectivity index (χ4v) is 4.33. The molecule has 0 bridgehead atoms. The van der Waals surface area contributed by atoms with Crippen LogP contribution in [-0.4, -0.2) is 43.4 Å². The van der Waals surface area contributed by atoms with Crippen molar-refractivity contribution >= 4 is 22.9 Å². The maximum Gasteiger partial charge on any atom is 0.410 e. The van der Waals surface area contributed by atoms with Gasteiger partial charge >= 0.3 is 6.09 Å². The van der Waals surface area contributed by atoms with Crippen LogP contribution in [0.15, 0.2) is 55.0 Å². The molecular weight excluding hydrogens is 366 g/mol. The summed E-state index contributed by atoms with van der Waals surface area (Å²) < 4.78 is 7.72. The fourth-order valence-electron chi connectivity index (χ4n) is 4.33. The summed E-state index contributed by atoms with van der Waals surface area (Å²) in [7, 11) is 0. The molecule has 7 nitrogen and oxygen atoms in total.